The highest BCUT2D eigenvalue weighted by molar-refractivity contribution is 5.86. The lowest BCUT2D eigenvalue weighted by atomic mass is 10.0. The molecule has 2 N–H and O–H groups in total. The van der Waals surface area contributed by atoms with E-state index in [4.69, 9.17) is 4.74 Å². The maximum Gasteiger partial charge on any atom is 0.401 e. The average molecular weight is 436 g/mol. The molecule has 31 heavy (non-hydrogen) atoms. The first-order valence-corrected chi connectivity index (χ1v) is 10.0. The number of benzene rings is 2. The van der Waals surface area contributed by atoms with Gasteiger partial charge in [0.1, 0.15) is 18.6 Å². The highest BCUT2D eigenvalue weighted by Crippen LogP contribution is 2.26. The Bertz CT molecular complexity index is 827. The molecule has 0 fully saturated rings. The van der Waals surface area contributed by atoms with Gasteiger partial charge in [-0.2, -0.15) is 13.2 Å². The standard InChI is InChI=1S/C23H27F3N2O3/c1-16(2)20(22(30)31-15-18-11-7-4-8-12-18)28-21(29)19(23(24,25)26)14-27-13-17-9-5-3-6-10-17/h3-12,16,19-20,27H,13-15H2,1-2H3,(H,28,29)/t19-,20-/m0/s1. The fourth-order valence-corrected chi connectivity index (χ4v) is 2.88. The number of nitrogens with one attached hydrogen (secondary N) is 2. The van der Waals surface area contributed by atoms with Crippen molar-refractivity contribution < 1.29 is 27.5 Å². The van der Waals surface area contributed by atoms with Crippen molar-refractivity contribution in [2.75, 3.05) is 6.54 Å². The molecule has 0 heterocycles. The van der Waals surface area contributed by atoms with Crippen LogP contribution in [0.5, 0.6) is 0 Å². The van der Waals surface area contributed by atoms with Gasteiger partial charge in [-0.05, 0) is 17.0 Å². The molecule has 0 saturated heterocycles. The Morgan fingerprint density at radius 1 is 0.935 bits per heavy atom. The third-order valence-corrected chi connectivity index (χ3v) is 4.67. The minimum Gasteiger partial charge on any atom is -0.459 e. The van der Waals surface area contributed by atoms with Crippen LogP contribution in [-0.4, -0.2) is 30.6 Å². The van der Waals surface area contributed by atoms with Gasteiger partial charge in [0, 0.05) is 13.1 Å². The van der Waals surface area contributed by atoms with Crippen LogP contribution in [0.3, 0.4) is 0 Å². The summed E-state index contributed by atoms with van der Waals surface area (Å²) in [6, 6.07) is 16.6. The van der Waals surface area contributed by atoms with Crippen LogP contribution in [0.2, 0.25) is 0 Å². The second-order valence-corrected chi connectivity index (χ2v) is 7.53. The Morgan fingerprint density at radius 2 is 1.48 bits per heavy atom. The molecule has 0 bridgehead atoms. The van der Waals surface area contributed by atoms with Crippen LogP contribution >= 0.6 is 0 Å². The van der Waals surface area contributed by atoms with Crippen LogP contribution in [0.25, 0.3) is 0 Å². The summed E-state index contributed by atoms with van der Waals surface area (Å²) < 4.78 is 45.7. The van der Waals surface area contributed by atoms with Gasteiger partial charge >= 0.3 is 12.1 Å². The predicted octanol–water partition coefficient (Wildman–Crippen LogP) is 3.84. The molecule has 2 atom stereocenters. The van der Waals surface area contributed by atoms with Crippen LogP contribution in [0.1, 0.15) is 25.0 Å². The predicted molar refractivity (Wildman–Crippen MR) is 111 cm³/mol. The molecule has 0 aliphatic carbocycles. The second-order valence-electron chi connectivity index (χ2n) is 7.53. The number of alkyl halides is 3. The minimum atomic E-state index is -4.76. The van der Waals surface area contributed by atoms with E-state index < -0.39 is 42.5 Å². The molecular weight excluding hydrogens is 409 g/mol. The molecule has 0 aromatic heterocycles. The summed E-state index contributed by atoms with van der Waals surface area (Å²) in [5.74, 6) is -4.77. The third-order valence-electron chi connectivity index (χ3n) is 4.67. The maximum absolute atomic E-state index is 13.5. The number of esters is 1. The van der Waals surface area contributed by atoms with Gasteiger partial charge < -0.3 is 15.4 Å². The van der Waals surface area contributed by atoms with Crippen LogP contribution in [0.4, 0.5) is 13.2 Å². The van der Waals surface area contributed by atoms with E-state index in [2.05, 4.69) is 10.6 Å². The summed E-state index contributed by atoms with van der Waals surface area (Å²) >= 11 is 0. The summed E-state index contributed by atoms with van der Waals surface area (Å²) in [6.07, 6.45) is -4.76. The number of hydrogen-bond acceptors (Lipinski definition) is 4. The van der Waals surface area contributed by atoms with E-state index in [0.29, 0.717) is 0 Å². The fraction of sp³-hybridized carbons (Fsp3) is 0.391. The quantitative estimate of drug-likeness (QED) is 0.556. The smallest absolute Gasteiger partial charge is 0.401 e. The van der Waals surface area contributed by atoms with E-state index in [-0.39, 0.29) is 13.2 Å². The Balaban J connectivity index is 1.98. The SMILES string of the molecule is CC(C)[C@H](NC(=O)[C@H](CNCc1ccccc1)C(F)(F)F)C(=O)OCc1ccccc1. The zero-order valence-electron chi connectivity index (χ0n) is 17.5. The lowest BCUT2D eigenvalue weighted by Crippen LogP contribution is -2.52. The van der Waals surface area contributed by atoms with Crippen molar-refractivity contribution in [3.05, 3.63) is 71.8 Å². The molecule has 0 unspecified atom stereocenters. The van der Waals surface area contributed by atoms with Gasteiger partial charge in [-0.25, -0.2) is 4.79 Å². The number of carbonyl (C=O) groups is 2. The minimum absolute atomic E-state index is 0.0277. The van der Waals surface area contributed by atoms with E-state index in [9.17, 15) is 22.8 Å². The highest BCUT2D eigenvalue weighted by atomic mass is 19.4. The molecule has 5 nitrogen and oxygen atoms in total. The lowest BCUT2D eigenvalue weighted by molar-refractivity contribution is -0.183. The van der Waals surface area contributed by atoms with Gasteiger partial charge in [0.25, 0.3) is 0 Å². The van der Waals surface area contributed by atoms with Crippen molar-refractivity contribution in [2.45, 2.75) is 39.2 Å². The van der Waals surface area contributed by atoms with Crippen LogP contribution < -0.4 is 10.6 Å². The van der Waals surface area contributed by atoms with Crippen molar-refractivity contribution in [1.29, 1.82) is 0 Å². The van der Waals surface area contributed by atoms with Gasteiger partial charge in [0.2, 0.25) is 5.91 Å². The zero-order valence-corrected chi connectivity index (χ0v) is 17.5. The number of rotatable bonds is 10. The first-order valence-electron chi connectivity index (χ1n) is 10.0. The molecule has 0 radical (unpaired) electrons. The summed E-state index contributed by atoms with van der Waals surface area (Å²) in [6.45, 7) is 2.82. The second kappa shape index (κ2) is 11.5. The van der Waals surface area contributed by atoms with Gasteiger partial charge in [-0.15, -0.1) is 0 Å². The number of amides is 1. The summed E-state index contributed by atoms with van der Waals surface area (Å²) in [5.41, 5.74) is 1.54. The molecule has 0 aliphatic heterocycles. The van der Waals surface area contributed by atoms with Crippen LogP contribution in [0.15, 0.2) is 60.7 Å². The van der Waals surface area contributed by atoms with Gasteiger partial charge in [-0.1, -0.05) is 74.5 Å². The van der Waals surface area contributed by atoms with E-state index in [1.165, 1.54) is 0 Å². The molecule has 0 aliphatic rings. The largest absolute Gasteiger partial charge is 0.459 e. The van der Waals surface area contributed by atoms with Crippen LogP contribution in [0, 0.1) is 11.8 Å². The summed E-state index contributed by atoms with van der Waals surface area (Å²) in [7, 11) is 0. The lowest BCUT2D eigenvalue weighted by Gasteiger charge is -2.25. The van der Waals surface area contributed by atoms with Crippen molar-refractivity contribution in [2.24, 2.45) is 11.8 Å². The average Bonchev–Trinajstić information content (AvgIpc) is 2.73. The van der Waals surface area contributed by atoms with Gasteiger partial charge in [-0.3, -0.25) is 4.79 Å². The van der Waals surface area contributed by atoms with Crippen LogP contribution in [-0.2, 0) is 27.5 Å². The van der Waals surface area contributed by atoms with E-state index in [1.54, 1.807) is 68.4 Å². The number of carbonyl (C=O) groups excluding carboxylic acids is 2. The van der Waals surface area contributed by atoms with Crippen molar-refractivity contribution in [3.8, 4) is 0 Å². The number of halogens is 3. The third kappa shape index (κ3) is 8.05. The maximum atomic E-state index is 13.5. The molecule has 2 aromatic carbocycles. The topological polar surface area (TPSA) is 67.4 Å². The highest BCUT2D eigenvalue weighted by Gasteiger charge is 2.45. The van der Waals surface area contributed by atoms with Crippen molar-refractivity contribution in [3.63, 3.8) is 0 Å². The summed E-state index contributed by atoms with van der Waals surface area (Å²) in [5, 5.41) is 4.90. The molecule has 0 spiro atoms. The molecule has 1 amide bonds. The molecular formula is C23H27F3N2O3. The Kier molecular flexibility index (Phi) is 9.05. The molecule has 2 rings (SSSR count). The number of ether oxygens (including phenoxy) is 1. The first-order chi connectivity index (χ1) is 14.7. The van der Waals surface area contributed by atoms with E-state index in [1.807, 2.05) is 6.07 Å². The molecule has 0 saturated carbocycles. The number of hydrogen-bond donors (Lipinski definition) is 2. The van der Waals surface area contributed by atoms with Crippen molar-refractivity contribution >= 4 is 11.9 Å². The van der Waals surface area contributed by atoms with E-state index >= 15 is 0 Å². The Labute approximate surface area is 180 Å². The van der Waals surface area contributed by atoms with Gasteiger partial charge in [0.15, 0.2) is 0 Å². The molecule has 2 aromatic rings. The normalized spacial score (nSPS) is 13.5. The van der Waals surface area contributed by atoms with Crippen molar-refractivity contribution in [1.82, 2.24) is 10.6 Å². The fourth-order valence-electron chi connectivity index (χ4n) is 2.88. The zero-order chi connectivity index (χ0) is 22.9. The Hall–Kier alpha value is -2.87. The monoisotopic (exact) mass is 436 g/mol. The first kappa shape index (κ1) is 24.4. The summed E-state index contributed by atoms with van der Waals surface area (Å²) in [4.78, 5) is 24.9. The van der Waals surface area contributed by atoms with Gasteiger partial charge in [0.05, 0.1) is 0 Å². The molecule has 8 heteroatoms. The molecule has 168 valence electrons. The van der Waals surface area contributed by atoms with E-state index in [0.717, 1.165) is 11.1 Å². The Morgan fingerprint density at radius 3 is 2.00 bits per heavy atom.